The molecule has 0 saturated carbocycles. The van der Waals surface area contributed by atoms with Crippen molar-refractivity contribution >= 4 is 0 Å². The highest BCUT2D eigenvalue weighted by atomic mass is 16.5. The van der Waals surface area contributed by atoms with Gasteiger partial charge < -0.3 is 15.6 Å². The van der Waals surface area contributed by atoms with Gasteiger partial charge in [0.2, 0.25) is 11.8 Å². The van der Waals surface area contributed by atoms with Gasteiger partial charge in [0.05, 0.1) is 23.3 Å². The van der Waals surface area contributed by atoms with E-state index in [0.29, 0.717) is 11.5 Å². The molecule has 4 rings (SSSR count). The van der Waals surface area contributed by atoms with Crippen LogP contribution in [0.4, 0.5) is 0 Å². The summed E-state index contributed by atoms with van der Waals surface area (Å²) >= 11 is 0. The van der Waals surface area contributed by atoms with Gasteiger partial charge in [-0.05, 0) is 47.2 Å². The second-order valence-corrected chi connectivity index (χ2v) is 7.87. The van der Waals surface area contributed by atoms with E-state index in [1.165, 1.54) is 0 Å². The summed E-state index contributed by atoms with van der Waals surface area (Å²) in [6.45, 7) is 5.89. The van der Waals surface area contributed by atoms with Gasteiger partial charge in [-0.15, -0.1) is 0 Å². The molecule has 4 N–H and O–H groups in total. The molecule has 0 spiro atoms. The molecule has 0 fully saturated rings. The second kappa shape index (κ2) is 7.36. The van der Waals surface area contributed by atoms with Crippen LogP contribution in [0.2, 0.25) is 0 Å². The molecule has 1 aromatic heterocycles. The van der Waals surface area contributed by atoms with E-state index in [9.17, 15) is 10.4 Å². The summed E-state index contributed by atoms with van der Waals surface area (Å²) in [6.07, 6.45) is 0. The highest BCUT2D eigenvalue weighted by molar-refractivity contribution is 5.69. The number of benzene rings is 2. The third-order valence-corrected chi connectivity index (χ3v) is 5.88. The standard InChI is InChI=1S/C24H24N4O2/c1-14(2)24(20(12-25)22(26)30-23-21(24)15(3)27-28-23)19-10-16(13-29)9-18(11-19)17-7-5-4-6-8-17/h4-11,14,29H,13,26H2,1-3H3,(H,27,28)/t24-/m1/s1. The number of nitrogens with zero attached hydrogens (tertiary/aromatic N) is 2. The number of aromatic amines is 1. The van der Waals surface area contributed by atoms with E-state index in [1.807, 2.05) is 49.4 Å². The van der Waals surface area contributed by atoms with E-state index in [0.717, 1.165) is 33.5 Å². The first-order chi connectivity index (χ1) is 14.4. The second-order valence-electron chi connectivity index (χ2n) is 7.87. The maximum absolute atomic E-state index is 10.1. The van der Waals surface area contributed by atoms with Gasteiger partial charge in [-0.3, -0.25) is 0 Å². The lowest BCUT2D eigenvalue weighted by atomic mass is 9.61. The van der Waals surface area contributed by atoms with Gasteiger partial charge in [0.1, 0.15) is 11.6 Å². The first-order valence-corrected chi connectivity index (χ1v) is 9.87. The molecule has 3 aromatic rings. The van der Waals surface area contributed by atoms with Crippen LogP contribution in [0.5, 0.6) is 5.88 Å². The van der Waals surface area contributed by atoms with Crippen LogP contribution in [0.15, 0.2) is 60.0 Å². The number of rotatable bonds is 4. The molecule has 30 heavy (non-hydrogen) atoms. The normalized spacial score (nSPS) is 18.1. The minimum atomic E-state index is -0.863. The summed E-state index contributed by atoms with van der Waals surface area (Å²) in [5.41, 5.74) is 10.9. The molecule has 1 aliphatic rings. The van der Waals surface area contributed by atoms with Crippen LogP contribution in [-0.4, -0.2) is 15.3 Å². The van der Waals surface area contributed by atoms with Crippen molar-refractivity contribution in [3.8, 4) is 23.1 Å². The van der Waals surface area contributed by atoms with Gasteiger partial charge in [0.25, 0.3) is 0 Å². The van der Waals surface area contributed by atoms with Crippen molar-refractivity contribution in [1.29, 1.82) is 5.26 Å². The molecule has 0 saturated heterocycles. The fraction of sp³-hybridized carbons (Fsp3) is 0.250. The van der Waals surface area contributed by atoms with Crippen LogP contribution in [0, 0.1) is 24.2 Å². The molecule has 0 bridgehead atoms. The Morgan fingerprint density at radius 2 is 1.93 bits per heavy atom. The Morgan fingerprint density at radius 3 is 2.57 bits per heavy atom. The zero-order chi connectivity index (χ0) is 21.5. The average Bonchev–Trinajstić information content (AvgIpc) is 3.13. The van der Waals surface area contributed by atoms with E-state index in [-0.39, 0.29) is 18.4 Å². The van der Waals surface area contributed by atoms with Crippen LogP contribution >= 0.6 is 0 Å². The molecule has 0 aliphatic carbocycles. The Labute approximate surface area is 175 Å². The van der Waals surface area contributed by atoms with E-state index in [2.05, 4.69) is 36.2 Å². The Morgan fingerprint density at radius 1 is 1.20 bits per heavy atom. The van der Waals surface area contributed by atoms with Crippen molar-refractivity contribution in [3.63, 3.8) is 0 Å². The first-order valence-electron chi connectivity index (χ1n) is 9.87. The van der Waals surface area contributed by atoms with E-state index >= 15 is 0 Å². The number of fused-ring (bicyclic) bond motifs is 1. The summed E-state index contributed by atoms with van der Waals surface area (Å²) in [7, 11) is 0. The van der Waals surface area contributed by atoms with Gasteiger partial charge in [-0.1, -0.05) is 50.2 Å². The molecule has 0 amide bonds. The zero-order valence-electron chi connectivity index (χ0n) is 17.2. The van der Waals surface area contributed by atoms with E-state index in [4.69, 9.17) is 10.5 Å². The average molecular weight is 400 g/mol. The number of aliphatic hydroxyl groups is 1. The molecular weight excluding hydrogens is 376 g/mol. The molecular formula is C24H24N4O2. The van der Waals surface area contributed by atoms with Crippen LogP contribution in [-0.2, 0) is 12.0 Å². The molecule has 6 nitrogen and oxygen atoms in total. The summed E-state index contributed by atoms with van der Waals surface area (Å²) in [6, 6.07) is 18.3. The van der Waals surface area contributed by atoms with Crippen molar-refractivity contribution in [3.05, 3.63) is 82.4 Å². The number of nitriles is 1. The smallest absolute Gasteiger partial charge is 0.222 e. The molecule has 152 valence electrons. The van der Waals surface area contributed by atoms with Crippen molar-refractivity contribution in [1.82, 2.24) is 10.2 Å². The lowest BCUT2D eigenvalue weighted by molar-refractivity contribution is 0.281. The predicted molar refractivity (Wildman–Crippen MR) is 114 cm³/mol. The van der Waals surface area contributed by atoms with Gasteiger partial charge in [0.15, 0.2) is 0 Å². The number of allylic oxidation sites excluding steroid dienone is 1. The maximum atomic E-state index is 10.1. The number of nitrogens with two attached hydrogens (primary N) is 1. The van der Waals surface area contributed by atoms with Crippen molar-refractivity contribution in [2.24, 2.45) is 11.7 Å². The molecule has 0 radical (unpaired) electrons. The van der Waals surface area contributed by atoms with Gasteiger partial charge >= 0.3 is 0 Å². The summed E-state index contributed by atoms with van der Waals surface area (Å²) < 4.78 is 5.72. The van der Waals surface area contributed by atoms with Crippen LogP contribution in [0.1, 0.15) is 36.2 Å². The molecule has 1 atom stereocenters. The van der Waals surface area contributed by atoms with Crippen LogP contribution in [0.25, 0.3) is 11.1 Å². The first kappa shape index (κ1) is 19.7. The Bertz CT molecular complexity index is 1170. The van der Waals surface area contributed by atoms with Crippen molar-refractivity contribution in [2.45, 2.75) is 32.8 Å². The fourth-order valence-electron chi connectivity index (χ4n) is 4.58. The minimum absolute atomic E-state index is 0.0396. The SMILES string of the molecule is Cc1n[nH]c2c1[C@@](c1cc(CO)cc(-c3ccccc3)c1)(C(C)C)C(C#N)=C(N)O2. The number of aryl methyl sites for hydroxylation is 1. The lowest BCUT2D eigenvalue weighted by Crippen LogP contribution is -2.41. The topological polar surface area (TPSA) is 108 Å². The highest BCUT2D eigenvalue weighted by Crippen LogP contribution is 2.53. The Kier molecular flexibility index (Phi) is 4.84. The number of aliphatic hydroxyl groups excluding tert-OH is 1. The number of H-pyrrole nitrogens is 1. The van der Waals surface area contributed by atoms with Gasteiger partial charge in [0, 0.05) is 0 Å². The summed E-state index contributed by atoms with van der Waals surface area (Å²) in [4.78, 5) is 0. The number of nitrogens with one attached hydrogen (secondary N) is 1. The van der Waals surface area contributed by atoms with Crippen molar-refractivity contribution in [2.75, 3.05) is 0 Å². The lowest BCUT2D eigenvalue weighted by Gasteiger charge is -2.41. The molecule has 0 unspecified atom stereocenters. The quantitative estimate of drug-likeness (QED) is 0.615. The van der Waals surface area contributed by atoms with Crippen LogP contribution in [0.3, 0.4) is 0 Å². The number of aromatic nitrogens is 2. The minimum Gasteiger partial charge on any atom is -0.422 e. The fourth-order valence-corrected chi connectivity index (χ4v) is 4.58. The molecule has 6 heteroatoms. The van der Waals surface area contributed by atoms with E-state index in [1.54, 1.807) is 0 Å². The number of ether oxygens (including phenoxy) is 1. The third kappa shape index (κ3) is 2.78. The zero-order valence-corrected chi connectivity index (χ0v) is 17.2. The molecule has 2 aromatic carbocycles. The Balaban J connectivity index is 2.10. The number of hydrogen-bond acceptors (Lipinski definition) is 5. The molecule has 2 heterocycles. The van der Waals surface area contributed by atoms with Gasteiger partial charge in [-0.25, -0.2) is 5.10 Å². The highest BCUT2D eigenvalue weighted by Gasteiger charge is 2.50. The predicted octanol–water partition coefficient (Wildman–Crippen LogP) is 3.91. The van der Waals surface area contributed by atoms with Crippen molar-refractivity contribution < 1.29 is 9.84 Å². The van der Waals surface area contributed by atoms with Gasteiger partial charge in [-0.2, -0.15) is 10.4 Å². The maximum Gasteiger partial charge on any atom is 0.222 e. The Hall–Kier alpha value is -3.56. The van der Waals surface area contributed by atoms with E-state index < -0.39 is 5.41 Å². The number of hydrogen-bond donors (Lipinski definition) is 3. The summed E-state index contributed by atoms with van der Waals surface area (Å²) in [5.74, 6) is 0.480. The summed E-state index contributed by atoms with van der Waals surface area (Å²) in [5, 5.41) is 27.4. The monoisotopic (exact) mass is 400 g/mol. The molecule has 1 aliphatic heterocycles. The largest absolute Gasteiger partial charge is 0.422 e. The third-order valence-electron chi connectivity index (χ3n) is 5.88. The van der Waals surface area contributed by atoms with Crippen LogP contribution < -0.4 is 10.5 Å².